The Kier molecular flexibility index (Phi) is 6.24. The molecule has 10 nitrogen and oxygen atoms in total. The number of carbonyl (C=O) groups excluding carboxylic acids is 3. The number of hydrogen-bond donors (Lipinski definition) is 1. The van der Waals surface area contributed by atoms with Gasteiger partial charge in [0, 0.05) is 19.2 Å². The molecule has 2 aliphatic rings. The van der Waals surface area contributed by atoms with E-state index in [0.717, 1.165) is 20.5 Å². The number of fused-ring (bicyclic) bond motifs is 1. The Labute approximate surface area is 211 Å². The normalized spacial score (nSPS) is 17.2. The summed E-state index contributed by atoms with van der Waals surface area (Å²) in [4.78, 5) is 38.7. The zero-order valence-corrected chi connectivity index (χ0v) is 20.7. The van der Waals surface area contributed by atoms with Crippen molar-refractivity contribution in [3.05, 3.63) is 65.5 Å². The van der Waals surface area contributed by atoms with Crippen molar-refractivity contribution in [1.82, 2.24) is 4.31 Å². The zero-order chi connectivity index (χ0) is 25.4. The minimum Gasteiger partial charge on any atom is -0.454 e. The summed E-state index contributed by atoms with van der Waals surface area (Å²) in [5, 5.41) is 4.25. The van der Waals surface area contributed by atoms with Crippen molar-refractivity contribution >= 4 is 50.5 Å². The maximum Gasteiger partial charge on any atom is 0.253 e. The van der Waals surface area contributed by atoms with Crippen molar-refractivity contribution < 1.29 is 32.3 Å². The Hall–Kier alpha value is -3.74. The number of ether oxygens (including phenoxy) is 2. The van der Waals surface area contributed by atoms with E-state index >= 15 is 0 Å². The number of hydrogen-bond acceptors (Lipinski definition) is 8. The van der Waals surface area contributed by atoms with Crippen LogP contribution in [0.25, 0.3) is 0 Å². The summed E-state index contributed by atoms with van der Waals surface area (Å²) in [6.07, 6.45) is -0.304. The highest BCUT2D eigenvalue weighted by molar-refractivity contribution is 7.91. The van der Waals surface area contributed by atoms with Crippen LogP contribution in [0, 0.1) is 0 Å². The fourth-order valence-corrected chi connectivity index (χ4v) is 6.81. The first kappa shape index (κ1) is 24.0. The lowest BCUT2D eigenvalue weighted by molar-refractivity contribution is -0.122. The number of benzene rings is 2. The van der Waals surface area contributed by atoms with Crippen LogP contribution < -0.4 is 19.7 Å². The summed E-state index contributed by atoms with van der Waals surface area (Å²) in [5.74, 6) is -0.389. The molecular weight excluding hydrogens is 506 g/mol. The fraction of sp³-hybridized carbons (Fsp3) is 0.208. The molecule has 1 N–H and O–H groups in total. The van der Waals surface area contributed by atoms with Gasteiger partial charge >= 0.3 is 0 Å². The lowest BCUT2D eigenvalue weighted by Crippen LogP contribution is -2.44. The van der Waals surface area contributed by atoms with Gasteiger partial charge < -0.3 is 14.8 Å². The molecular formula is C24H21N3O7S2. The van der Waals surface area contributed by atoms with E-state index in [1.165, 1.54) is 25.1 Å². The molecule has 0 aliphatic carbocycles. The maximum absolute atomic E-state index is 13.6. The first-order chi connectivity index (χ1) is 17.2. The van der Waals surface area contributed by atoms with E-state index in [-0.39, 0.29) is 35.6 Å². The largest absolute Gasteiger partial charge is 0.454 e. The number of rotatable bonds is 7. The second kappa shape index (κ2) is 9.37. The molecule has 3 amide bonds. The smallest absolute Gasteiger partial charge is 0.253 e. The summed E-state index contributed by atoms with van der Waals surface area (Å²) in [7, 11) is -4.10. The molecule has 3 aromatic rings. The minimum absolute atomic E-state index is 0.0707. The fourth-order valence-electron chi connectivity index (χ4n) is 4.12. The van der Waals surface area contributed by atoms with Gasteiger partial charge in [-0.15, -0.1) is 11.3 Å². The Morgan fingerprint density at radius 1 is 1.11 bits per heavy atom. The molecule has 0 saturated carbocycles. The summed E-state index contributed by atoms with van der Waals surface area (Å²) in [6.45, 7) is 1.30. The second-order valence-corrected chi connectivity index (χ2v) is 11.3. The van der Waals surface area contributed by atoms with Crippen LogP contribution in [-0.4, -0.2) is 43.3 Å². The van der Waals surface area contributed by atoms with Crippen LogP contribution in [-0.2, 0) is 31.0 Å². The standard InChI is InChI=1S/C24H21N3O7S2/c1-15(28)25-17-5-7-18(8-6-17)27-22(29)12-19(24(27)30)26(36(31,32)23-3-2-10-35-23)13-16-4-9-20-21(11-16)34-14-33-20/h2-11,19H,12-14H2,1H3,(H,25,28). The molecule has 186 valence electrons. The molecule has 2 aromatic carbocycles. The van der Waals surface area contributed by atoms with Gasteiger partial charge in [-0.05, 0) is 53.4 Å². The van der Waals surface area contributed by atoms with Crippen molar-refractivity contribution in [3.8, 4) is 11.5 Å². The van der Waals surface area contributed by atoms with E-state index in [1.807, 2.05) is 0 Å². The van der Waals surface area contributed by atoms with Gasteiger partial charge in [-0.3, -0.25) is 14.4 Å². The molecule has 36 heavy (non-hydrogen) atoms. The van der Waals surface area contributed by atoms with E-state index in [1.54, 1.807) is 41.8 Å². The second-order valence-electron chi connectivity index (χ2n) is 8.19. The SMILES string of the molecule is CC(=O)Nc1ccc(N2C(=O)CC(N(Cc3ccc4c(c3)OCO4)S(=O)(=O)c3cccs3)C2=O)cc1. The van der Waals surface area contributed by atoms with Gasteiger partial charge in [0.2, 0.25) is 18.6 Å². The number of anilines is 2. The van der Waals surface area contributed by atoms with Crippen molar-refractivity contribution in [2.24, 2.45) is 0 Å². The monoisotopic (exact) mass is 527 g/mol. The van der Waals surface area contributed by atoms with Crippen LogP contribution in [0.5, 0.6) is 11.5 Å². The summed E-state index contributed by atoms with van der Waals surface area (Å²) < 4.78 is 39.1. The highest BCUT2D eigenvalue weighted by Crippen LogP contribution is 2.36. The highest BCUT2D eigenvalue weighted by Gasteiger charge is 2.47. The third-order valence-corrected chi connectivity index (χ3v) is 8.98. The quantitative estimate of drug-likeness (QED) is 0.469. The van der Waals surface area contributed by atoms with Gasteiger partial charge in [-0.1, -0.05) is 12.1 Å². The average molecular weight is 528 g/mol. The van der Waals surface area contributed by atoms with E-state index in [9.17, 15) is 22.8 Å². The van der Waals surface area contributed by atoms with Crippen LogP contribution in [0.15, 0.2) is 64.2 Å². The minimum atomic E-state index is -4.10. The van der Waals surface area contributed by atoms with Gasteiger partial charge in [0.25, 0.3) is 15.9 Å². The third-order valence-electron chi connectivity index (χ3n) is 5.75. The molecule has 0 radical (unpaired) electrons. The third kappa shape index (κ3) is 4.45. The number of thiophene rings is 1. The van der Waals surface area contributed by atoms with Crippen molar-refractivity contribution in [1.29, 1.82) is 0 Å². The van der Waals surface area contributed by atoms with E-state index < -0.39 is 27.9 Å². The molecule has 1 atom stereocenters. The molecule has 1 unspecified atom stereocenters. The first-order valence-electron chi connectivity index (χ1n) is 10.9. The number of nitrogens with one attached hydrogen (secondary N) is 1. The Morgan fingerprint density at radius 3 is 2.56 bits per heavy atom. The lowest BCUT2D eigenvalue weighted by atomic mass is 10.1. The van der Waals surface area contributed by atoms with E-state index in [4.69, 9.17) is 9.47 Å². The van der Waals surface area contributed by atoms with Crippen LogP contribution in [0.3, 0.4) is 0 Å². The van der Waals surface area contributed by atoms with Crippen LogP contribution in [0.2, 0.25) is 0 Å². The molecule has 0 spiro atoms. The zero-order valence-electron chi connectivity index (χ0n) is 19.0. The molecule has 1 saturated heterocycles. The predicted molar refractivity (Wildman–Crippen MR) is 131 cm³/mol. The van der Waals surface area contributed by atoms with Gasteiger partial charge in [-0.2, -0.15) is 4.31 Å². The topological polar surface area (TPSA) is 122 Å². The molecule has 5 rings (SSSR count). The maximum atomic E-state index is 13.6. The van der Waals surface area contributed by atoms with E-state index in [0.29, 0.717) is 22.7 Å². The Bertz CT molecular complexity index is 1440. The van der Waals surface area contributed by atoms with Crippen molar-refractivity contribution in [2.75, 3.05) is 17.0 Å². The molecule has 2 aliphatic heterocycles. The molecule has 12 heteroatoms. The van der Waals surface area contributed by atoms with Gasteiger partial charge in [0.05, 0.1) is 12.1 Å². The summed E-state index contributed by atoms with van der Waals surface area (Å²) in [6, 6.07) is 13.1. The first-order valence-corrected chi connectivity index (χ1v) is 13.2. The number of sulfonamides is 1. The number of amides is 3. The Morgan fingerprint density at radius 2 is 1.86 bits per heavy atom. The van der Waals surface area contributed by atoms with Gasteiger partial charge in [-0.25, -0.2) is 13.3 Å². The molecule has 3 heterocycles. The number of carbonyl (C=O) groups is 3. The van der Waals surface area contributed by atoms with E-state index in [2.05, 4.69) is 5.32 Å². The summed E-state index contributed by atoms with van der Waals surface area (Å²) in [5.41, 5.74) is 1.38. The summed E-state index contributed by atoms with van der Waals surface area (Å²) >= 11 is 1.03. The lowest BCUT2D eigenvalue weighted by Gasteiger charge is -2.26. The number of nitrogens with zero attached hydrogens (tertiary/aromatic N) is 2. The number of imide groups is 1. The van der Waals surface area contributed by atoms with Crippen LogP contribution >= 0.6 is 11.3 Å². The predicted octanol–water partition coefficient (Wildman–Crippen LogP) is 2.96. The van der Waals surface area contributed by atoms with Gasteiger partial charge in [0.1, 0.15) is 10.3 Å². The highest BCUT2D eigenvalue weighted by atomic mass is 32.2. The van der Waals surface area contributed by atoms with Crippen molar-refractivity contribution in [2.45, 2.75) is 30.1 Å². The molecule has 1 aromatic heterocycles. The molecule has 0 bridgehead atoms. The van der Waals surface area contributed by atoms with Crippen molar-refractivity contribution in [3.63, 3.8) is 0 Å². The van der Waals surface area contributed by atoms with Crippen LogP contribution in [0.4, 0.5) is 11.4 Å². The van der Waals surface area contributed by atoms with Gasteiger partial charge in [0.15, 0.2) is 11.5 Å². The average Bonchev–Trinajstić information content (AvgIpc) is 3.59. The Balaban J connectivity index is 1.48. The van der Waals surface area contributed by atoms with Crippen LogP contribution in [0.1, 0.15) is 18.9 Å². The molecule has 1 fully saturated rings.